The minimum atomic E-state index is 0.400. The van der Waals surface area contributed by atoms with Crippen LogP contribution in [-0.2, 0) is 6.61 Å². The van der Waals surface area contributed by atoms with Crippen LogP contribution in [0.4, 0.5) is 0 Å². The summed E-state index contributed by atoms with van der Waals surface area (Å²) in [4.78, 5) is 21.2. The van der Waals surface area contributed by atoms with Crippen molar-refractivity contribution in [2.75, 3.05) is 20.1 Å². The van der Waals surface area contributed by atoms with Gasteiger partial charge < -0.3 is 19.5 Å². The van der Waals surface area contributed by atoms with E-state index in [4.69, 9.17) is 14.7 Å². The number of nitrogens with one attached hydrogen (secondary N) is 2. The molecule has 2 aromatic heterocycles. The highest BCUT2D eigenvalue weighted by molar-refractivity contribution is 6.04. The third-order valence-corrected chi connectivity index (χ3v) is 7.67. The average Bonchev–Trinajstić information content (AvgIpc) is 3.71. The molecule has 0 bridgehead atoms. The lowest BCUT2D eigenvalue weighted by Gasteiger charge is -2.16. The number of H-pyrrole nitrogens is 2. The zero-order chi connectivity index (χ0) is 24.5. The highest BCUT2D eigenvalue weighted by atomic mass is 16.5. The van der Waals surface area contributed by atoms with Gasteiger partial charge in [-0.2, -0.15) is 0 Å². The van der Waals surface area contributed by atoms with Gasteiger partial charge in [0.05, 0.1) is 23.5 Å². The summed E-state index contributed by atoms with van der Waals surface area (Å²) in [5.41, 5.74) is 5.32. The maximum Gasteiger partial charge on any atom is 0.186 e. The Morgan fingerprint density at radius 3 is 2.00 bits per heavy atom. The molecule has 184 valence electrons. The first-order chi connectivity index (χ1) is 17.6. The van der Waals surface area contributed by atoms with Gasteiger partial charge in [-0.3, -0.25) is 4.90 Å². The quantitative estimate of drug-likeness (QED) is 0.381. The van der Waals surface area contributed by atoms with Gasteiger partial charge in [0.1, 0.15) is 24.0 Å². The maximum absolute atomic E-state index is 6.05. The monoisotopic (exact) mass is 480 g/mol. The molecule has 7 nitrogen and oxygen atoms in total. The molecule has 2 fully saturated rings. The second-order valence-corrected chi connectivity index (χ2v) is 10.1. The fourth-order valence-electron chi connectivity index (χ4n) is 5.48. The van der Waals surface area contributed by atoms with Gasteiger partial charge in [0.2, 0.25) is 0 Å². The molecule has 6 rings (SSSR count). The molecule has 2 aliphatic rings. The lowest BCUT2D eigenvalue weighted by atomic mass is 10.1. The van der Waals surface area contributed by atoms with Crippen molar-refractivity contribution in [3.05, 3.63) is 78.1 Å². The van der Waals surface area contributed by atoms with Crippen molar-refractivity contribution in [3.8, 4) is 28.3 Å². The molecule has 2 aliphatic heterocycles. The largest absolute Gasteiger partial charge is 0.489 e. The Hall–Kier alpha value is -3.36. The number of hydrogen-bond donors (Lipinski definition) is 2. The smallest absolute Gasteiger partial charge is 0.186 e. The molecule has 0 amide bonds. The first-order valence-corrected chi connectivity index (χ1v) is 13.0. The average molecular weight is 480 g/mol. The van der Waals surface area contributed by atoms with Crippen LogP contribution in [0.1, 0.15) is 55.0 Å². The Balaban J connectivity index is 1.05. The normalized spacial score (nSPS) is 20.8. The van der Waals surface area contributed by atoms with Crippen molar-refractivity contribution in [1.82, 2.24) is 29.6 Å². The highest BCUT2D eigenvalue weighted by Gasteiger charge is 2.26. The van der Waals surface area contributed by atoms with E-state index in [0.717, 1.165) is 65.0 Å². The Morgan fingerprint density at radius 1 is 0.833 bits per heavy atom. The molecule has 0 aliphatic carbocycles. The molecule has 36 heavy (non-hydrogen) atoms. The van der Waals surface area contributed by atoms with Gasteiger partial charge in [-0.1, -0.05) is 24.3 Å². The number of ether oxygens (including phenoxy) is 1. The van der Waals surface area contributed by atoms with E-state index in [2.05, 4.69) is 71.1 Å². The van der Waals surface area contributed by atoms with Crippen molar-refractivity contribution >= 4 is 7.98 Å². The summed E-state index contributed by atoms with van der Waals surface area (Å²) in [6, 6.07) is 17.5. The van der Waals surface area contributed by atoms with Crippen molar-refractivity contribution in [2.24, 2.45) is 0 Å². The molecule has 2 aromatic carbocycles. The topological polar surface area (TPSA) is 73.1 Å². The van der Waals surface area contributed by atoms with Crippen LogP contribution in [0.3, 0.4) is 0 Å². The molecule has 0 unspecified atom stereocenters. The molecule has 4 aromatic rings. The Morgan fingerprint density at radius 2 is 1.42 bits per heavy atom. The van der Waals surface area contributed by atoms with Crippen LogP contribution in [0.15, 0.2) is 60.9 Å². The van der Waals surface area contributed by atoms with Crippen molar-refractivity contribution in [3.63, 3.8) is 0 Å². The predicted octanol–water partition coefficient (Wildman–Crippen LogP) is 4.50. The summed E-state index contributed by atoms with van der Waals surface area (Å²) in [6.07, 6.45) is 8.82. The summed E-state index contributed by atoms with van der Waals surface area (Å²) >= 11 is 0. The summed E-state index contributed by atoms with van der Waals surface area (Å²) < 4.78 is 6.05. The number of imidazole rings is 2. The molecule has 2 N–H and O–H groups in total. The number of benzene rings is 2. The summed E-state index contributed by atoms with van der Waals surface area (Å²) in [5, 5.41) is 0. The first kappa shape index (κ1) is 23.1. The van der Waals surface area contributed by atoms with Crippen LogP contribution >= 0.6 is 0 Å². The number of nitrogens with zero attached hydrogens (tertiary/aromatic N) is 4. The highest BCUT2D eigenvalue weighted by Crippen LogP contribution is 2.31. The Labute approximate surface area is 213 Å². The molecule has 0 saturated carbocycles. The van der Waals surface area contributed by atoms with E-state index in [1.54, 1.807) is 0 Å². The van der Waals surface area contributed by atoms with Crippen LogP contribution in [0.25, 0.3) is 22.5 Å². The standard InChI is InChI=1S/C28H33BN6O/c1-34-14-2-4-25(34)27-30-16-23(32-27)20-8-6-19(7-9-20)18-36-22-12-10-21(11-13-22)24-17-31-28(33-24)26-5-3-15-35(26)29/h6-13,16-17,25-26H,2-5,14-15,18,29H2,1H3,(H,30,32)(H,31,33)/t25-,26-/m0/s1. The minimum absolute atomic E-state index is 0.400. The number of likely N-dealkylation sites (tertiary alicyclic amines) is 1. The summed E-state index contributed by atoms with van der Waals surface area (Å²) in [6.45, 7) is 2.80. The molecule has 0 spiro atoms. The summed E-state index contributed by atoms with van der Waals surface area (Å²) in [5.74, 6) is 2.98. The number of hydrogen-bond acceptors (Lipinski definition) is 5. The van der Waals surface area contributed by atoms with Crippen LogP contribution < -0.4 is 4.74 Å². The number of aromatic nitrogens is 4. The van der Waals surface area contributed by atoms with Gasteiger partial charge in [-0.15, -0.1) is 0 Å². The summed E-state index contributed by atoms with van der Waals surface area (Å²) in [7, 11) is 4.34. The van der Waals surface area contributed by atoms with Gasteiger partial charge in [0.15, 0.2) is 7.98 Å². The van der Waals surface area contributed by atoms with Crippen molar-refractivity contribution in [2.45, 2.75) is 44.4 Å². The lowest BCUT2D eigenvalue weighted by molar-refractivity contribution is 0.306. The van der Waals surface area contributed by atoms with E-state index in [1.807, 2.05) is 24.5 Å². The van der Waals surface area contributed by atoms with E-state index in [-0.39, 0.29) is 0 Å². The molecule has 2 saturated heterocycles. The fraction of sp³-hybridized carbons (Fsp3) is 0.357. The van der Waals surface area contributed by atoms with Gasteiger partial charge in [0, 0.05) is 23.5 Å². The third-order valence-electron chi connectivity index (χ3n) is 7.67. The third kappa shape index (κ3) is 4.71. The van der Waals surface area contributed by atoms with E-state index in [9.17, 15) is 0 Å². The molecule has 4 heterocycles. The van der Waals surface area contributed by atoms with E-state index in [1.165, 1.54) is 19.3 Å². The van der Waals surface area contributed by atoms with Crippen LogP contribution in [0.5, 0.6) is 5.75 Å². The number of rotatable bonds is 7. The fourth-order valence-corrected chi connectivity index (χ4v) is 5.48. The lowest BCUT2D eigenvalue weighted by Crippen LogP contribution is -2.20. The van der Waals surface area contributed by atoms with Gasteiger partial charge in [-0.25, -0.2) is 9.97 Å². The van der Waals surface area contributed by atoms with Gasteiger partial charge >= 0.3 is 0 Å². The zero-order valence-corrected chi connectivity index (χ0v) is 21.1. The van der Waals surface area contributed by atoms with Crippen molar-refractivity contribution in [1.29, 1.82) is 0 Å². The van der Waals surface area contributed by atoms with Crippen molar-refractivity contribution < 1.29 is 4.74 Å². The SMILES string of the molecule is BN1CCC[C@H]1c1nc(-c2ccc(OCc3ccc(-c4c[nH]c([C@@H]5CCCN5C)n4)cc3)cc2)c[nH]1. The van der Waals surface area contributed by atoms with Gasteiger partial charge in [-0.05, 0) is 75.6 Å². The van der Waals surface area contributed by atoms with Crippen LogP contribution in [0.2, 0.25) is 0 Å². The second kappa shape index (κ2) is 9.95. The molecular weight excluding hydrogens is 447 g/mol. The minimum Gasteiger partial charge on any atom is -0.489 e. The second-order valence-electron chi connectivity index (χ2n) is 10.1. The van der Waals surface area contributed by atoms with E-state index >= 15 is 0 Å². The van der Waals surface area contributed by atoms with E-state index < -0.39 is 0 Å². The van der Waals surface area contributed by atoms with Gasteiger partial charge in [0.25, 0.3) is 0 Å². The number of aromatic amines is 2. The van der Waals surface area contributed by atoms with Crippen LogP contribution in [-0.4, -0.2) is 57.8 Å². The molecule has 2 atom stereocenters. The maximum atomic E-state index is 6.05. The Kier molecular flexibility index (Phi) is 6.38. The zero-order valence-electron chi connectivity index (χ0n) is 21.1. The predicted molar refractivity (Wildman–Crippen MR) is 144 cm³/mol. The van der Waals surface area contributed by atoms with Crippen LogP contribution in [0, 0.1) is 0 Å². The molecular formula is C28H33BN6O. The Bertz CT molecular complexity index is 1200. The van der Waals surface area contributed by atoms with E-state index in [0.29, 0.717) is 18.7 Å². The molecule has 0 radical (unpaired) electrons. The molecule has 8 heteroatoms. The first-order valence-electron chi connectivity index (χ1n) is 13.0.